The molecule has 4 N–H and O–H groups in total. The Morgan fingerprint density at radius 2 is 2.21 bits per heavy atom. The Kier molecular flexibility index (Phi) is 2.52. The Morgan fingerprint density at radius 1 is 1.57 bits per heavy atom. The molecule has 1 aromatic carbocycles. The minimum Gasteiger partial charge on any atom is -0.502 e. The van der Waals surface area contributed by atoms with E-state index in [1.54, 1.807) is 0 Å². The fourth-order valence-electron chi connectivity index (χ4n) is 0.890. The highest BCUT2D eigenvalue weighted by molar-refractivity contribution is 5.88. The normalized spacial score (nSPS) is 9.43. The monoisotopic (exact) mass is 197 g/mol. The van der Waals surface area contributed by atoms with Crippen LogP contribution in [0, 0.1) is 10.1 Å². The molecule has 0 aliphatic rings. The third-order valence-corrected chi connectivity index (χ3v) is 1.44. The maximum Gasteiger partial charge on any atom is 0.316 e. The van der Waals surface area contributed by atoms with E-state index in [-0.39, 0.29) is 5.69 Å². The number of nitro benzene ring substituents is 1. The van der Waals surface area contributed by atoms with Gasteiger partial charge in [0.15, 0.2) is 5.75 Å². The molecule has 1 aromatic rings. The fraction of sp³-hybridized carbons (Fsp3) is 0. The molecular formula is C7H7N3O4. The molecule has 2 amide bonds. The van der Waals surface area contributed by atoms with Gasteiger partial charge in [-0.25, -0.2) is 4.79 Å². The number of benzene rings is 1. The van der Waals surface area contributed by atoms with Gasteiger partial charge in [0.2, 0.25) is 0 Å². The summed E-state index contributed by atoms with van der Waals surface area (Å²) >= 11 is 0. The van der Waals surface area contributed by atoms with Crippen molar-refractivity contribution >= 4 is 17.4 Å². The molecule has 0 heterocycles. The molecule has 74 valence electrons. The van der Waals surface area contributed by atoms with Crippen LogP contribution < -0.4 is 11.1 Å². The highest BCUT2D eigenvalue weighted by Crippen LogP contribution is 2.28. The van der Waals surface area contributed by atoms with Crippen LogP contribution in [0.5, 0.6) is 5.75 Å². The van der Waals surface area contributed by atoms with Gasteiger partial charge in [-0.3, -0.25) is 10.1 Å². The molecule has 0 radical (unpaired) electrons. The highest BCUT2D eigenvalue weighted by Gasteiger charge is 2.13. The van der Waals surface area contributed by atoms with Gasteiger partial charge in [-0.2, -0.15) is 0 Å². The van der Waals surface area contributed by atoms with Crippen LogP contribution in [0.4, 0.5) is 16.2 Å². The van der Waals surface area contributed by atoms with Crippen molar-refractivity contribution in [3.8, 4) is 5.75 Å². The maximum atomic E-state index is 10.4. The van der Waals surface area contributed by atoms with Gasteiger partial charge in [0, 0.05) is 11.8 Å². The van der Waals surface area contributed by atoms with Crippen molar-refractivity contribution < 1.29 is 14.8 Å². The van der Waals surface area contributed by atoms with Crippen LogP contribution in [0.25, 0.3) is 0 Å². The van der Waals surface area contributed by atoms with Gasteiger partial charge < -0.3 is 16.2 Å². The number of amides is 2. The molecule has 0 saturated carbocycles. The van der Waals surface area contributed by atoms with E-state index in [2.05, 4.69) is 5.32 Å². The second-order valence-corrected chi connectivity index (χ2v) is 2.45. The molecule has 0 unspecified atom stereocenters. The zero-order valence-electron chi connectivity index (χ0n) is 6.93. The van der Waals surface area contributed by atoms with Gasteiger partial charge in [-0.15, -0.1) is 0 Å². The zero-order valence-corrected chi connectivity index (χ0v) is 6.93. The summed E-state index contributed by atoms with van der Waals surface area (Å²) in [6, 6.07) is 2.58. The summed E-state index contributed by atoms with van der Waals surface area (Å²) in [5.41, 5.74) is 4.47. The number of primary amides is 1. The van der Waals surface area contributed by atoms with Gasteiger partial charge in [-0.05, 0) is 12.1 Å². The van der Waals surface area contributed by atoms with Gasteiger partial charge >= 0.3 is 11.7 Å². The van der Waals surface area contributed by atoms with Gasteiger partial charge in [0.25, 0.3) is 0 Å². The van der Waals surface area contributed by atoms with Crippen LogP contribution in [0.2, 0.25) is 0 Å². The van der Waals surface area contributed by atoms with Crippen molar-refractivity contribution in [3.63, 3.8) is 0 Å². The second-order valence-electron chi connectivity index (χ2n) is 2.45. The van der Waals surface area contributed by atoms with Crippen molar-refractivity contribution in [2.75, 3.05) is 5.32 Å². The standard InChI is InChI=1S/C7H7N3O4/c8-7(12)9-4-1-2-6(11)5(3-4)10(13)14/h1-3,11H,(H3,8,9,12). The number of hydrogen-bond donors (Lipinski definition) is 3. The van der Waals surface area contributed by atoms with Crippen LogP contribution in [0.15, 0.2) is 18.2 Å². The molecule has 0 bridgehead atoms. The third kappa shape index (κ3) is 2.09. The third-order valence-electron chi connectivity index (χ3n) is 1.44. The number of phenolic OH excluding ortho intramolecular Hbond substituents is 1. The number of carbonyl (C=O) groups is 1. The number of nitrogens with one attached hydrogen (secondary N) is 1. The summed E-state index contributed by atoms with van der Waals surface area (Å²) in [6.07, 6.45) is 0. The molecule has 0 aromatic heterocycles. The predicted octanol–water partition coefficient (Wildman–Crippen LogP) is 0.791. The summed E-state index contributed by atoms with van der Waals surface area (Å²) in [4.78, 5) is 20.0. The number of rotatable bonds is 2. The molecule has 7 heteroatoms. The average Bonchev–Trinajstić information content (AvgIpc) is 2.07. The topological polar surface area (TPSA) is 118 Å². The van der Waals surface area contributed by atoms with Crippen molar-refractivity contribution in [3.05, 3.63) is 28.3 Å². The highest BCUT2D eigenvalue weighted by atomic mass is 16.6. The van der Waals surface area contributed by atoms with Crippen molar-refractivity contribution in [1.82, 2.24) is 0 Å². The number of nitrogens with zero attached hydrogens (tertiary/aromatic N) is 1. The number of anilines is 1. The number of aromatic hydroxyl groups is 1. The Balaban J connectivity index is 3.06. The predicted molar refractivity (Wildman–Crippen MR) is 48.0 cm³/mol. The number of urea groups is 1. The summed E-state index contributed by atoms with van der Waals surface area (Å²) in [7, 11) is 0. The van der Waals surface area contributed by atoms with Crippen LogP contribution in [0.1, 0.15) is 0 Å². The van der Waals surface area contributed by atoms with Crippen LogP contribution in [-0.4, -0.2) is 16.1 Å². The Morgan fingerprint density at radius 3 is 2.71 bits per heavy atom. The lowest BCUT2D eigenvalue weighted by Gasteiger charge is -2.01. The lowest BCUT2D eigenvalue weighted by molar-refractivity contribution is -0.385. The number of phenols is 1. The lowest BCUT2D eigenvalue weighted by atomic mass is 10.2. The maximum absolute atomic E-state index is 10.4. The Bertz CT molecular complexity index is 391. The van der Waals surface area contributed by atoms with E-state index in [9.17, 15) is 14.9 Å². The first kappa shape index (κ1) is 9.78. The minimum absolute atomic E-state index is 0.155. The first-order valence-corrected chi connectivity index (χ1v) is 3.54. The van der Waals surface area contributed by atoms with Crippen molar-refractivity contribution in [2.45, 2.75) is 0 Å². The van der Waals surface area contributed by atoms with Crippen LogP contribution in [-0.2, 0) is 0 Å². The van der Waals surface area contributed by atoms with Crippen molar-refractivity contribution in [1.29, 1.82) is 0 Å². The second kappa shape index (κ2) is 3.60. The zero-order chi connectivity index (χ0) is 10.7. The molecule has 7 nitrogen and oxygen atoms in total. The molecule has 0 spiro atoms. The summed E-state index contributed by atoms with van der Waals surface area (Å²) in [6.45, 7) is 0. The number of hydrogen-bond acceptors (Lipinski definition) is 4. The summed E-state index contributed by atoms with van der Waals surface area (Å²) in [5, 5.41) is 21.6. The molecule has 0 aliphatic carbocycles. The Labute approximate surface area is 78.3 Å². The molecule has 0 aliphatic heterocycles. The van der Waals surface area contributed by atoms with E-state index in [4.69, 9.17) is 10.8 Å². The van der Waals surface area contributed by atoms with E-state index in [0.29, 0.717) is 0 Å². The molecule has 1 rings (SSSR count). The average molecular weight is 197 g/mol. The first-order valence-electron chi connectivity index (χ1n) is 3.54. The van der Waals surface area contributed by atoms with E-state index < -0.39 is 22.4 Å². The molecule has 0 saturated heterocycles. The smallest absolute Gasteiger partial charge is 0.316 e. The number of nitrogens with two attached hydrogens (primary N) is 1. The van der Waals surface area contributed by atoms with E-state index in [0.717, 1.165) is 12.1 Å². The minimum atomic E-state index is -0.829. The summed E-state index contributed by atoms with van der Waals surface area (Å²) < 4.78 is 0. The van der Waals surface area contributed by atoms with Gasteiger partial charge in [0.1, 0.15) is 0 Å². The Hall–Kier alpha value is -2.31. The van der Waals surface area contributed by atoms with E-state index in [1.807, 2.05) is 0 Å². The summed E-state index contributed by atoms with van der Waals surface area (Å²) in [5.74, 6) is -0.468. The molecule has 0 fully saturated rings. The fourth-order valence-corrected chi connectivity index (χ4v) is 0.890. The molecule has 14 heavy (non-hydrogen) atoms. The molecule has 0 atom stereocenters. The van der Waals surface area contributed by atoms with Gasteiger partial charge in [0.05, 0.1) is 4.92 Å². The van der Waals surface area contributed by atoms with Crippen molar-refractivity contribution in [2.24, 2.45) is 5.73 Å². The number of carbonyl (C=O) groups excluding carboxylic acids is 1. The number of nitro groups is 1. The van der Waals surface area contributed by atoms with Gasteiger partial charge in [-0.1, -0.05) is 0 Å². The van der Waals surface area contributed by atoms with Crippen LogP contribution in [0.3, 0.4) is 0 Å². The lowest BCUT2D eigenvalue weighted by Crippen LogP contribution is -2.19. The van der Waals surface area contributed by atoms with Crippen LogP contribution >= 0.6 is 0 Å². The van der Waals surface area contributed by atoms with E-state index >= 15 is 0 Å². The quantitative estimate of drug-likeness (QED) is 0.369. The molecular weight excluding hydrogens is 190 g/mol. The largest absolute Gasteiger partial charge is 0.502 e. The van der Waals surface area contributed by atoms with E-state index in [1.165, 1.54) is 6.07 Å². The first-order chi connectivity index (χ1) is 6.50. The SMILES string of the molecule is NC(=O)Nc1ccc(O)c([N+](=O)[O-])c1.